The summed E-state index contributed by atoms with van der Waals surface area (Å²) in [6.07, 6.45) is 4.61. The van der Waals surface area contributed by atoms with Crippen molar-refractivity contribution in [1.82, 2.24) is 5.32 Å². The summed E-state index contributed by atoms with van der Waals surface area (Å²) in [6.45, 7) is 3.34. The van der Waals surface area contributed by atoms with Gasteiger partial charge in [-0.2, -0.15) is 0 Å². The highest BCUT2D eigenvalue weighted by molar-refractivity contribution is 7.99. The maximum Gasteiger partial charge on any atom is 0.124 e. The second-order valence-electron chi connectivity index (χ2n) is 4.22. The lowest BCUT2D eigenvalue weighted by atomic mass is 10.1. The molecular weight excluding hydrogens is 258 g/mol. The number of benzene rings is 1. The Morgan fingerprint density at radius 3 is 3.00 bits per heavy atom. The van der Waals surface area contributed by atoms with E-state index in [1.807, 2.05) is 25.1 Å². The lowest BCUT2D eigenvalue weighted by Gasteiger charge is -2.16. The minimum atomic E-state index is -0.563. The van der Waals surface area contributed by atoms with E-state index in [4.69, 9.17) is 11.2 Å². The molecule has 1 rings (SSSR count). The van der Waals surface area contributed by atoms with Gasteiger partial charge >= 0.3 is 0 Å². The van der Waals surface area contributed by atoms with Gasteiger partial charge in [-0.3, -0.25) is 0 Å². The van der Waals surface area contributed by atoms with Crippen LogP contribution < -0.4 is 10.1 Å². The number of aliphatic hydroxyl groups excluding tert-OH is 1. The molecule has 0 aliphatic rings. The maximum atomic E-state index is 10.2. The molecule has 0 fully saturated rings. The van der Waals surface area contributed by atoms with E-state index in [1.165, 1.54) is 0 Å². The van der Waals surface area contributed by atoms with Crippen LogP contribution in [-0.4, -0.2) is 36.8 Å². The first-order chi connectivity index (χ1) is 9.19. The van der Waals surface area contributed by atoms with Gasteiger partial charge in [-0.15, -0.1) is 18.2 Å². The molecule has 1 aromatic carbocycles. The SMILES string of the molecule is C#CCSCCNCC(O)c1cc(C)ccc1OC. The van der Waals surface area contributed by atoms with E-state index < -0.39 is 6.10 Å². The predicted molar refractivity (Wildman–Crippen MR) is 81.7 cm³/mol. The number of ether oxygens (including phenoxy) is 1. The normalized spacial score (nSPS) is 11.9. The van der Waals surface area contributed by atoms with Crippen molar-refractivity contribution in [2.45, 2.75) is 13.0 Å². The number of rotatable bonds is 8. The Morgan fingerprint density at radius 2 is 2.32 bits per heavy atom. The van der Waals surface area contributed by atoms with E-state index in [9.17, 15) is 5.11 Å². The molecule has 19 heavy (non-hydrogen) atoms. The fraction of sp³-hybridized carbons (Fsp3) is 0.467. The standard InChI is InChI=1S/C15H21NO2S/c1-4-8-19-9-7-16-11-14(17)13-10-12(2)5-6-15(13)18-3/h1,5-6,10,14,16-17H,7-9,11H2,2-3H3. The molecule has 0 aromatic heterocycles. The molecule has 0 spiro atoms. The van der Waals surface area contributed by atoms with Crippen molar-refractivity contribution >= 4 is 11.8 Å². The highest BCUT2D eigenvalue weighted by Gasteiger charge is 2.12. The Kier molecular flexibility index (Phi) is 7.42. The molecule has 0 saturated carbocycles. The summed E-state index contributed by atoms with van der Waals surface area (Å²) in [5, 5.41) is 13.4. The number of hydrogen-bond acceptors (Lipinski definition) is 4. The molecule has 3 nitrogen and oxygen atoms in total. The minimum absolute atomic E-state index is 0.510. The highest BCUT2D eigenvalue weighted by atomic mass is 32.2. The van der Waals surface area contributed by atoms with Gasteiger partial charge in [0, 0.05) is 24.4 Å². The summed E-state index contributed by atoms with van der Waals surface area (Å²) < 4.78 is 5.27. The van der Waals surface area contributed by atoms with Crippen LogP contribution in [0.1, 0.15) is 17.2 Å². The highest BCUT2D eigenvalue weighted by Crippen LogP contribution is 2.25. The Morgan fingerprint density at radius 1 is 1.53 bits per heavy atom. The fourth-order valence-corrected chi connectivity index (χ4v) is 2.29. The van der Waals surface area contributed by atoms with Gasteiger partial charge in [-0.05, 0) is 19.1 Å². The summed E-state index contributed by atoms with van der Waals surface area (Å²) in [6, 6.07) is 5.81. The average molecular weight is 279 g/mol. The van der Waals surface area contributed by atoms with Crippen molar-refractivity contribution < 1.29 is 9.84 Å². The van der Waals surface area contributed by atoms with Crippen LogP contribution in [-0.2, 0) is 0 Å². The van der Waals surface area contributed by atoms with Crippen LogP contribution in [0, 0.1) is 19.3 Å². The summed E-state index contributed by atoms with van der Waals surface area (Å²) in [5.74, 6) is 4.99. The number of nitrogens with one attached hydrogen (secondary N) is 1. The molecular formula is C15H21NO2S. The lowest BCUT2D eigenvalue weighted by Crippen LogP contribution is -2.24. The summed E-state index contributed by atoms with van der Waals surface area (Å²) in [4.78, 5) is 0. The number of terminal acetylenes is 1. The van der Waals surface area contributed by atoms with E-state index in [0.29, 0.717) is 6.54 Å². The zero-order valence-corrected chi connectivity index (χ0v) is 12.3. The third kappa shape index (κ3) is 5.56. The van der Waals surface area contributed by atoms with Gasteiger partial charge in [0.15, 0.2) is 0 Å². The number of methoxy groups -OCH3 is 1. The van der Waals surface area contributed by atoms with Crippen LogP contribution >= 0.6 is 11.8 Å². The smallest absolute Gasteiger partial charge is 0.124 e. The van der Waals surface area contributed by atoms with Crippen molar-refractivity contribution in [1.29, 1.82) is 0 Å². The largest absolute Gasteiger partial charge is 0.496 e. The molecule has 0 heterocycles. The van der Waals surface area contributed by atoms with Crippen molar-refractivity contribution in [2.24, 2.45) is 0 Å². The zero-order valence-electron chi connectivity index (χ0n) is 11.5. The summed E-state index contributed by atoms with van der Waals surface area (Å²) >= 11 is 1.71. The third-order valence-corrected chi connectivity index (χ3v) is 3.55. The first kappa shape index (κ1) is 15.9. The fourth-order valence-electron chi connectivity index (χ4n) is 1.74. The molecule has 4 heteroatoms. The first-order valence-corrected chi connectivity index (χ1v) is 7.39. The Bertz CT molecular complexity index is 429. The van der Waals surface area contributed by atoms with E-state index in [0.717, 1.165) is 34.9 Å². The Hall–Kier alpha value is -1.15. The van der Waals surface area contributed by atoms with Crippen LogP contribution in [0.3, 0.4) is 0 Å². The van der Waals surface area contributed by atoms with E-state index in [2.05, 4.69) is 11.2 Å². The second-order valence-corrected chi connectivity index (χ2v) is 5.33. The van der Waals surface area contributed by atoms with Crippen LogP contribution in [0.15, 0.2) is 18.2 Å². The maximum absolute atomic E-state index is 10.2. The van der Waals surface area contributed by atoms with Crippen molar-refractivity contribution in [3.63, 3.8) is 0 Å². The second kappa shape index (κ2) is 8.87. The predicted octanol–water partition coefficient (Wildman–Crippen LogP) is 1.99. The molecule has 1 aromatic rings. The minimum Gasteiger partial charge on any atom is -0.496 e. The van der Waals surface area contributed by atoms with Gasteiger partial charge in [0.25, 0.3) is 0 Å². The van der Waals surface area contributed by atoms with Crippen molar-refractivity contribution in [2.75, 3.05) is 31.7 Å². The van der Waals surface area contributed by atoms with Crippen LogP contribution in [0.2, 0.25) is 0 Å². The van der Waals surface area contributed by atoms with Gasteiger partial charge < -0.3 is 15.2 Å². The van der Waals surface area contributed by atoms with Crippen molar-refractivity contribution in [3.05, 3.63) is 29.3 Å². The molecule has 1 unspecified atom stereocenters. The topological polar surface area (TPSA) is 41.5 Å². The monoisotopic (exact) mass is 279 g/mol. The molecule has 0 amide bonds. The van der Waals surface area contributed by atoms with Crippen molar-refractivity contribution in [3.8, 4) is 18.1 Å². The third-order valence-electron chi connectivity index (χ3n) is 2.69. The molecule has 0 aliphatic heterocycles. The van der Waals surface area contributed by atoms with Crippen LogP contribution in [0.4, 0.5) is 0 Å². The molecule has 0 aliphatic carbocycles. The quantitative estimate of drug-likeness (QED) is 0.564. The Balaban J connectivity index is 2.43. The number of aryl methyl sites for hydroxylation is 1. The van der Waals surface area contributed by atoms with Gasteiger partial charge in [0.2, 0.25) is 0 Å². The lowest BCUT2D eigenvalue weighted by molar-refractivity contribution is 0.171. The van der Waals surface area contributed by atoms with Crippen LogP contribution in [0.25, 0.3) is 0 Å². The molecule has 2 N–H and O–H groups in total. The zero-order chi connectivity index (χ0) is 14.1. The average Bonchev–Trinajstić information content (AvgIpc) is 2.42. The molecule has 0 saturated heterocycles. The Labute approximate surface area is 119 Å². The molecule has 0 radical (unpaired) electrons. The van der Waals surface area contributed by atoms with E-state index in [-0.39, 0.29) is 0 Å². The van der Waals surface area contributed by atoms with Crippen LogP contribution in [0.5, 0.6) is 5.75 Å². The number of hydrogen-bond donors (Lipinski definition) is 2. The van der Waals surface area contributed by atoms with E-state index in [1.54, 1.807) is 18.9 Å². The number of thioether (sulfide) groups is 1. The van der Waals surface area contributed by atoms with Gasteiger partial charge in [0.1, 0.15) is 5.75 Å². The van der Waals surface area contributed by atoms with Gasteiger partial charge in [-0.25, -0.2) is 0 Å². The van der Waals surface area contributed by atoms with Gasteiger partial charge in [-0.1, -0.05) is 17.6 Å². The van der Waals surface area contributed by atoms with Gasteiger partial charge in [0.05, 0.1) is 19.0 Å². The molecule has 0 bridgehead atoms. The molecule has 104 valence electrons. The summed E-state index contributed by atoms with van der Waals surface area (Å²) in [5.41, 5.74) is 1.94. The number of aliphatic hydroxyl groups is 1. The van der Waals surface area contributed by atoms with E-state index >= 15 is 0 Å². The first-order valence-electron chi connectivity index (χ1n) is 6.23. The summed E-state index contributed by atoms with van der Waals surface area (Å²) in [7, 11) is 1.62. The molecule has 1 atom stereocenters.